The molecule has 0 aromatic carbocycles. The van der Waals surface area contributed by atoms with Crippen LogP contribution in [0.4, 0.5) is 0 Å². The predicted molar refractivity (Wildman–Crippen MR) is 91.8 cm³/mol. The zero-order valence-electron chi connectivity index (χ0n) is 15.0. The Kier molecular flexibility index (Phi) is 4.64. The lowest BCUT2D eigenvalue weighted by Gasteiger charge is -2.40. The zero-order valence-corrected chi connectivity index (χ0v) is 15.8. The Balaban J connectivity index is 1.50. The fraction of sp³-hybridized carbons (Fsp3) is 0.824. The summed E-state index contributed by atoms with van der Waals surface area (Å²) in [6.07, 6.45) is 3.84. The molecule has 0 aliphatic carbocycles. The molecule has 0 spiro atoms. The van der Waals surface area contributed by atoms with Crippen molar-refractivity contribution in [3.8, 4) is 0 Å². The maximum absolute atomic E-state index is 13.2. The van der Waals surface area contributed by atoms with Gasteiger partial charge in [0.1, 0.15) is 10.6 Å². The monoisotopic (exact) mass is 369 g/mol. The second-order valence-electron chi connectivity index (χ2n) is 7.62. The summed E-state index contributed by atoms with van der Waals surface area (Å²) in [5.41, 5.74) is 0.465. The first-order valence-corrected chi connectivity index (χ1v) is 10.7. The lowest BCUT2D eigenvalue weighted by molar-refractivity contribution is 0.0235. The molecular formula is C17H27N3O4S. The normalized spacial score (nSPS) is 31.5. The first-order chi connectivity index (χ1) is 12.0. The number of ether oxygens (including phenoxy) is 1. The van der Waals surface area contributed by atoms with Crippen LogP contribution in [0.3, 0.4) is 0 Å². The molecule has 25 heavy (non-hydrogen) atoms. The highest BCUT2D eigenvalue weighted by atomic mass is 32.2. The number of rotatable bonds is 4. The second kappa shape index (κ2) is 6.64. The topological polar surface area (TPSA) is 75.9 Å². The Morgan fingerprint density at radius 2 is 1.76 bits per heavy atom. The fourth-order valence-electron chi connectivity index (χ4n) is 4.89. The van der Waals surface area contributed by atoms with Gasteiger partial charge in [-0.1, -0.05) is 5.16 Å². The number of aromatic nitrogens is 1. The van der Waals surface area contributed by atoms with E-state index in [1.165, 1.54) is 0 Å². The number of hydrogen-bond acceptors (Lipinski definition) is 6. The van der Waals surface area contributed by atoms with Crippen molar-refractivity contribution in [2.24, 2.45) is 5.92 Å². The summed E-state index contributed by atoms with van der Waals surface area (Å²) < 4.78 is 38.8. The Hall–Kier alpha value is -0.960. The van der Waals surface area contributed by atoms with Crippen molar-refractivity contribution in [2.45, 2.75) is 56.5 Å². The van der Waals surface area contributed by atoms with Gasteiger partial charge >= 0.3 is 0 Å². The van der Waals surface area contributed by atoms with Crippen LogP contribution >= 0.6 is 0 Å². The number of sulfonamides is 1. The minimum atomic E-state index is -3.53. The highest BCUT2D eigenvalue weighted by Gasteiger charge is 2.48. The van der Waals surface area contributed by atoms with Crippen molar-refractivity contribution >= 4 is 10.0 Å². The highest BCUT2D eigenvalue weighted by molar-refractivity contribution is 7.89. The van der Waals surface area contributed by atoms with Gasteiger partial charge in [0.15, 0.2) is 5.76 Å². The number of fused-ring (bicyclic) bond motifs is 2. The molecule has 0 N–H and O–H groups in total. The van der Waals surface area contributed by atoms with E-state index in [1.54, 1.807) is 18.2 Å². The quantitative estimate of drug-likeness (QED) is 0.802. The van der Waals surface area contributed by atoms with Crippen molar-refractivity contribution < 1.29 is 17.7 Å². The molecule has 1 aromatic heterocycles. The standard InChI is InChI=1S/C17H27N3O4S/c1-12-17(13(2)24-18-12)25(21,22)20-15-3-4-16(20)10-14(9-15)11-19-5-7-23-8-6-19/h14-16H,3-11H2,1-2H3/t14-,15-,16+. The lowest BCUT2D eigenvalue weighted by Crippen LogP contribution is -2.49. The van der Waals surface area contributed by atoms with E-state index in [-0.39, 0.29) is 17.0 Å². The Morgan fingerprint density at radius 1 is 1.12 bits per heavy atom. The third-order valence-electron chi connectivity index (χ3n) is 5.89. The molecule has 4 rings (SSSR count). The minimum Gasteiger partial charge on any atom is -0.379 e. The molecule has 0 saturated carbocycles. The highest BCUT2D eigenvalue weighted by Crippen LogP contribution is 2.43. The van der Waals surface area contributed by atoms with Gasteiger partial charge in [0.05, 0.1) is 13.2 Å². The Morgan fingerprint density at radius 3 is 2.32 bits per heavy atom. The van der Waals surface area contributed by atoms with Gasteiger partial charge in [-0.3, -0.25) is 4.90 Å². The summed E-state index contributed by atoms with van der Waals surface area (Å²) in [5, 5.41) is 3.84. The first-order valence-electron chi connectivity index (χ1n) is 9.23. The van der Waals surface area contributed by atoms with Gasteiger partial charge in [-0.2, -0.15) is 4.31 Å². The van der Waals surface area contributed by atoms with E-state index in [0.717, 1.165) is 58.5 Å². The van der Waals surface area contributed by atoms with Crippen LogP contribution in [0.25, 0.3) is 0 Å². The summed E-state index contributed by atoms with van der Waals surface area (Å²) in [6.45, 7) is 8.06. The van der Waals surface area contributed by atoms with Gasteiger partial charge in [-0.05, 0) is 45.4 Å². The van der Waals surface area contributed by atoms with Crippen LogP contribution < -0.4 is 0 Å². The van der Waals surface area contributed by atoms with Gasteiger partial charge in [-0.15, -0.1) is 0 Å². The molecule has 3 aliphatic heterocycles. The van der Waals surface area contributed by atoms with Crippen LogP contribution in [-0.2, 0) is 14.8 Å². The average molecular weight is 369 g/mol. The molecule has 3 fully saturated rings. The van der Waals surface area contributed by atoms with Crippen LogP contribution in [0.1, 0.15) is 37.1 Å². The average Bonchev–Trinajstić information content (AvgIpc) is 3.06. The van der Waals surface area contributed by atoms with Crippen LogP contribution in [0.2, 0.25) is 0 Å². The van der Waals surface area contributed by atoms with Gasteiger partial charge in [0, 0.05) is 31.7 Å². The molecule has 3 atom stereocenters. The van der Waals surface area contributed by atoms with Crippen molar-refractivity contribution in [3.05, 3.63) is 11.5 Å². The molecule has 1 aromatic rings. The zero-order chi connectivity index (χ0) is 17.6. The summed E-state index contributed by atoms with van der Waals surface area (Å²) in [4.78, 5) is 2.74. The molecule has 2 bridgehead atoms. The largest absolute Gasteiger partial charge is 0.379 e. The number of nitrogens with zero attached hydrogens (tertiary/aromatic N) is 3. The van der Waals surface area contributed by atoms with Gasteiger partial charge < -0.3 is 9.26 Å². The third-order valence-corrected chi connectivity index (χ3v) is 8.14. The summed E-state index contributed by atoms with van der Waals surface area (Å²) in [5.74, 6) is 0.971. The van der Waals surface area contributed by atoms with Crippen LogP contribution in [0, 0.1) is 19.8 Å². The molecule has 3 aliphatic rings. The van der Waals surface area contributed by atoms with E-state index < -0.39 is 10.0 Å². The smallest absolute Gasteiger partial charge is 0.248 e. The van der Waals surface area contributed by atoms with Crippen molar-refractivity contribution in [3.63, 3.8) is 0 Å². The van der Waals surface area contributed by atoms with Crippen molar-refractivity contribution in [1.82, 2.24) is 14.4 Å². The molecule has 8 heteroatoms. The van der Waals surface area contributed by atoms with E-state index in [2.05, 4.69) is 10.1 Å². The molecule has 0 amide bonds. The summed E-state index contributed by atoms with van der Waals surface area (Å²) in [7, 11) is -3.53. The van der Waals surface area contributed by atoms with Gasteiger partial charge in [0.25, 0.3) is 0 Å². The summed E-state index contributed by atoms with van der Waals surface area (Å²) >= 11 is 0. The molecule has 0 radical (unpaired) electrons. The third kappa shape index (κ3) is 3.13. The number of hydrogen-bond donors (Lipinski definition) is 0. The van der Waals surface area contributed by atoms with Crippen molar-refractivity contribution in [1.29, 1.82) is 0 Å². The van der Waals surface area contributed by atoms with Crippen LogP contribution in [-0.4, -0.2) is 67.7 Å². The van der Waals surface area contributed by atoms with Crippen LogP contribution in [0.15, 0.2) is 9.42 Å². The second-order valence-corrected chi connectivity index (χ2v) is 9.40. The van der Waals surface area contributed by atoms with E-state index in [9.17, 15) is 8.42 Å². The van der Waals surface area contributed by atoms with Crippen molar-refractivity contribution in [2.75, 3.05) is 32.8 Å². The Labute approximate surface area is 149 Å². The maximum Gasteiger partial charge on any atom is 0.248 e. The number of morpholine rings is 1. The number of piperidine rings is 1. The first kappa shape index (κ1) is 17.5. The molecule has 0 unspecified atom stereocenters. The van der Waals surface area contributed by atoms with E-state index in [4.69, 9.17) is 9.26 Å². The fourth-order valence-corrected chi connectivity index (χ4v) is 7.08. The lowest BCUT2D eigenvalue weighted by atomic mass is 9.92. The van der Waals surface area contributed by atoms with Gasteiger partial charge in [0.2, 0.25) is 10.0 Å². The number of aryl methyl sites for hydroxylation is 2. The molecule has 3 saturated heterocycles. The molecule has 4 heterocycles. The van der Waals surface area contributed by atoms with Gasteiger partial charge in [-0.25, -0.2) is 8.42 Å². The summed E-state index contributed by atoms with van der Waals surface area (Å²) in [6, 6.07) is 0.229. The predicted octanol–water partition coefficient (Wildman–Crippen LogP) is 1.56. The Bertz CT molecular complexity index is 693. The minimum absolute atomic E-state index is 0.114. The molecule has 140 valence electrons. The molecule has 7 nitrogen and oxygen atoms in total. The van der Waals surface area contributed by atoms with E-state index >= 15 is 0 Å². The maximum atomic E-state index is 13.2. The SMILES string of the molecule is Cc1noc(C)c1S(=O)(=O)N1[C@@H]2CC[C@H]1C[C@H](CN1CCOCC1)C2. The van der Waals surface area contributed by atoms with E-state index in [0.29, 0.717) is 17.4 Å². The van der Waals surface area contributed by atoms with E-state index in [1.807, 2.05) is 0 Å². The van der Waals surface area contributed by atoms with Crippen LogP contribution in [0.5, 0.6) is 0 Å². The molecular weight excluding hydrogens is 342 g/mol.